The standard InChI is InChI=1S/C52H28O/c1-2-10-38-29(5-1)19-25-45-51(38)52-44-28-36(37-20-15-34-13-11-30-6-3-8-32-17-22-41(37)49(34)47(30)32)27-43(40(44)24-26-46(52)53-45)39-21-16-35-14-12-31-7-4-9-33-18-23-42(39)50(35)48(31)33/h1-28H. The van der Waals surface area contributed by atoms with Crippen LogP contribution in [0.1, 0.15) is 0 Å². The van der Waals surface area contributed by atoms with Gasteiger partial charge in [0, 0.05) is 10.8 Å². The molecule has 13 aromatic rings. The second kappa shape index (κ2) is 9.88. The lowest BCUT2D eigenvalue weighted by molar-refractivity contribution is 0.669. The first-order chi connectivity index (χ1) is 26.3. The highest BCUT2D eigenvalue weighted by Crippen LogP contribution is 2.47. The Hall–Kier alpha value is -6.96. The van der Waals surface area contributed by atoms with E-state index < -0.39 is 0 Å². The first-order valence-electron chi connectivity index (χ1n) is 18.4. The quantitative estimate of drug-likeness (QED) is 0.167. The highest BCUT2D eigenvalue weighted by molar-refractivity contribution is 6.31. The minimum atomic E-state index is 0.915. The van der Waals surface area contributed by atoms with E-state index in [9.17, 15) is 0 Å². The van der Waals surface area contributed by atoms with Gasteiger partial charge in [0.2, 0.25) is 0 Å². The molecular weight excluding hydrogens is 641 g/mol. The van der Waals surface area contributed by atoms with Crippen LogP contribution in [-0.2, 0) is 0 Å². The van der Waals surface area contributed by atoms with Crippen LogP contribution in [0.2, 0.25) is 0 Å². The summed E-state index contributed by atoms with van der Waals surface area (Å²) in [5, 5.41) is 22.8. The molecular formula is C52H28O. The summed E-state index contributed by atoms with van der Waals surface area (Å²) in [4.78, 5) is 0. The first kappa shape index (κ1) is 27.7. The molecule has 1 heteroatoms. The van der Waals surface area contributed by atoms with Crippen molar-refractivity contribution >= 4 is 108 Å². The van der Waals surface area contributed by atoms with E-state index in [1.165, 1.54) is 119 Å². The Labute approximate surface area is 303 Å². The van der Waals surface area contributed by atoms with Crippen molar-refractivity contribution in [3.63, 3.8) is 0 Å². The van der Waals surface area contributed by atoms with E-state index in [-0.39, 0.29) is 0 Å². The average Bonchev–Trinajstić information content (AvgIpc) is 3.61. The number of fused-ring (bicyclic) bond motifs is 7. The second-order valence-electron chi connectivity index (χ2n) is 14.8. The number of furan rings is 1. The molecule has 0 aliphatic rings. The molecule has 242 valence electrons. The Kier molecular flexibility index (Phi) is 5.17. The van der Waals surface area contributed by atoms with Crippen LogP contribution < -0.4 is 0 Å². The van der Waals surface area contributed by atoms with Gasteiger partial charge < -0.3 is 4.42 Å². The molecule has 0 atom stereocenters. The third-order valence-corrected chi connectivity index (χ3v) is 12.1. The summed E-state index contributed by atoms with van der Waals surface area (Å²) in [5.41, 5.74) is 6.76. The van der Waals surface area contributed by atoms with Crippen LogP contribution in [0.5, 0.6) is 0 Å². The summed E-state index contributed by atoms with van der Waals surface area (Å²) in [6.45, 7) is 0. The zero-order chi connectivity index (χ0) is 34.4. The van der Waals surface area contributed by atoms with Gasteiger partial charge in [0.15, 0.2) is 0 Å². The van der Waals surface area contributed by atoms with Crippen molar-refractivity contribution in [1.82, 2.24) is 0 Å². The molecule has 0 bridgehead atoms. The monoisotopic (exact) mass is 668 g/mol. The van der Waals surface area contributed by atoms with Gasteiger partial charge in [0.05, 0.1) is 0 Å². The van der Waals surface area contributed by atoms with Crippen molar-refractivity contribution in [3.05, 3.63) is 170 Å². The Bertz CT molecular complexity index is 3640. The van der Waals surface area contributed by atoms with Gasteiger partial charge >= 0.3 is 0 Å². The molecule has 1 aromatic heterocycles. The molecule has 53 heavy (non-hydrogen) atoms. The third kappa shape index (κ3) is 3.61. The maximum atomic E-state index is 6.65. The smallest absolute Gasteiger partial charge is 0.136 e. The van der Waals surface area contributed by atoms with Crippen molar-refractivity contribution in [2.45, 2.75) is 0 Å². The lowest BCUT2D eigenvalue weighted by Gasteiger charge is -2.18. The molecule has 0 unspecified atom stereocenters. The van der Waals surface area contributed by atoms with Crippen molar-refractivity contribution in [1.29, 1.82) is 0 Å². The summed E-state index contributed by atoms with van der Waals surface area (Å²) < 4.78 is 6.65. The molecule has 0 saturated heterocycles. The fourth-order valence-corrected chi connectivity index (χ4v) is 9.81. The summed E-state index contributed by atoms with van der Waals surface area (Å²) >= 11 is 0. The minimum absolute atomic E-state index is 0.915. The second-order valence-corrected chi connectivity index (χ2v) is 14.8. The van der Waals surface area contributed by atoms with Gasteiger partial charge in [-0.2, -0.15) is 0 Å². The van der Waals surface area contributed by atoms with Gasteiger partial charge in [-0.3, -0.25) is 0 Å². The Morgan fingerprint density at radius 1 is 0.245 bits per heavy atom. The van der Waals surface area contributed by atoms with Crippen LogP contribution in [0.4, 0.5) is 0 Å². The molecule has 0 N–H and O–H groups in total. The van der Waals surface area contributed by atoms with Gasteiger partial charge in [0.25, 0.3) is 0 Å². The largest absolute Gasteiger partial charge is 0.456 e. The molecule has 1 heterocycles. The molecule has 0 aliphatic heterocycles. The number of hydrogen-bond donors (Lipinski definition) is 0. The SMILES string of the molecule is c1ccc2c(c1)ccc1oc3ccc4c(-c5ccc6ccc7cccc8ccc5c6c78)cc(-c5ccc6ccc7cccc8ccc5c6c78)cc4c3c12. The van der Waals surface area contributed by atoms with Crippen LogP contribution >= 0.6 is 0 Å². The normalized spacial score (nSPS) is 12.5. The lowest BCUT2D eigenvalue weighted by atomic mass is 9.85. The van der Waals surface area contributed by atoms with Crippen LogP contribution in [0, 0.1) is 0 Å². The zero-order valence-corrected chi connectivity index (χ0v) is 28.6. The Balaban J connectivity index is 1.22. The van der Waals surface area contributed by atoms with Crippen LogP contribution in [-0.4, -0.2) is 0 Å². The Morgan fingerprint density at radius 3 is 1.40 bits per heavy atom. The Morgan fingerprint density at radius 2 is 0.717 bits per heavy atom. The molecule has 0 radical (unpaired) electrons. The van der Waals surface area contributed by atoms with E-state index in [4.69, 9.17) is 4.42 Å². The summed E-state index contributed by atoms with van der Waals surface area (Å²) in [5.74, 6) is 0. The average molecular weight is 669 g/mol. The fourth-order valence-electron chi connectivity index (χ4n) is 9.81. The van der Waals surface area contributed by atoms with Gasteiger partial charge in [-0.1, -0.05) is 146 Å². The maximum absolute atomic E-state index is 6.65. The molecule has 1 nitrogen and oxygen atoms in total. The van der Waals surface area contributed by atoms with Crippen molar-refractivity contribution in [2.24, 2.45) is 0 Å². The van der Waals surface area contributed by atoms with E-state index in [0.29, 0.717) is 0 Å². The highest BCUT2D eigenvalue weighted by Gasteiger charge is 2.21. The van der Waals surface area contributed by atoms with E-state index in [2.05, 4.69) is 170 Å². The van der Waals surface area contributed by atoms with E-state index in [0.717, 1.165) is 11.2 Å². The van der Waals surface area contributed by atoms with Crippen molar-refractivity contribution in [2.75, 3.05) is 0 Å². The molecule has 0 amide bonds. The number of benzene rings is 12. The van der Waals surface area contributed by atoms with E-state index in [1.807, 2.05) is 0 Å². The number of rotatable bonds is 2. The van der Waals surface area contributed by atoms with Crippen molar-refractivity contribution in [3.8, 4) is 22.3 Å². The van der Waals surface area contributed by atoms with Gasteiger partial charge in [-0.15, -0.1) is 0 Å². The van der Waals surface area contributed by atoms with Crippen molar-refractivity contribution < 1.29 is 4.42 Å². The van der Waals surface area contributed by atoms with Crippen LogP contribution in [0.25, 0.3) is 130 Å². The number of hydrogen-bond acceptors (Lipinski definition) is 1. The fraction of sp³-hybridized carbons (Fsp3) is 0. The predicted octanol–water partition coefficient (Wildman–Crippen LogP) is 15.0. The molecule has 12 aromatic carbocycles. The topological polar surface area (TPSA) is 13.1 Å². The summed E-state index contributed by atoms with van der Waals surface area (Å²) in [7, 11) is 0. The van der Waals surface area contributed by atoms with Gasteiger partial charge in [0.1, 0.15) is 11.2 Å². The first-order valence-corrected chi connectivity index (χ1v) is 18.4. The minimum Gasteiger partial charge on any atom is -0.456 e. The summed E-state index contributed by atoms with van der Waals surface area (Å²) in [6.07, 6.45) is 0. The third-order valence-electron chi connectivity index (χ3n) is 12.1. The van der Waals surface area contributed by atoms with Crippen LogP contribution in [0.15, 0.2) is 174 Å². The van der Waals surface area contributed by atoms with Crippen LogP contribution in [0.3, 0.4) is 0 Å². The predicted molar refractivity (Wildman–Crippen MR) is 227 cm³/mol. The lowest BCUT2D eigenvalue weighted by Crippen LogP contribution is -1.91. The summed E-state index contributed by atoms with van der Waals surface area (Å²) in [6, 6.07) is 63.3. The molecule has 0 fully saturated rings. The maximum Gasteiger partial charge on any atom is 0.136 e. The molecule has 0 spiro atoms. The van der Waals surface area contributed by atoms with E-state index in [1.54, 1.807) is 0 Å². The molecule has 0 aliphatic carbocycles. The highest BCUT2D eigenvalue weighted by atomic mass is 16.3. The molecule has 0 saturated carbocycles. The van der Waals surface area contributed by atoms with Gasteiger partial charge in [-0.05, 0) is 133 Å². The van der Waals surface area contributed by atoms with E-state index >= 15 is 0 Å². The van der Waals surface area contributed by atoms with Gasteiger partial charge in [-0.25, -0.2) is 0 Å². The zero-order valence-electron chi connectivity index (χ0n) is 28.6. The molecule has 13 rings (SSSR count).